The summed E-state index contributed by atoms with van der Waals surface area (Å²) in [6, 6.07) is 5.47. The van der Waals surface area contributed by atoms with E-state index in [1.54, 1.807) is 12.3 Å². The fourth-order valence-corrected chi connectivity index (χ4v) is 5.34. The van der Waals surface area contributed by atoms with Crippen molar-refractivity contribution in [2.24, 2.45) is 0 Å². The standard InChI is InChI=1S/C20H20FN3OS/c1-19(2)18-20(3,5-6-25-18)12-8-11(13(21)9-15(12)24-19)16-10-22-14-4-7-26-17(14)23-16/h4,7-10,18,24H,5-6H2,1-3H3. The van der Waals surface area contributed by atoms with E-state index in [1.165, 1.54) is 11.3 Å². The number of nitrogens with zero attached hydrogens (tertiary/aromatic N) is 2. The Morgan fingerprint density at radius 1 is 1.31 bits per heavy atom. The summed E-state index contributed by atoms with van der Waals surface area (Å²) in [5, 5.41) is 5.43. The summed E-state index contributed by atoms with van der Waals surface area (Å²) in [5.41, 5.74) is 3.48. The first kappa shape index (κ1) is 16.1. The van der Waals surface area contributed by atoms with E-state index in [-0.39, 0.29) is 22.9 Å². The topological polar surface area (TPSA) is 47.0 Å². The first-order chi connectivity index (χ1) is 12.4. The highest BCUT2D eigenvalue weighted by atomic mass is 32.1. The maximum Gasteiger partial charge on any atom is 0.142 e. The predicted molar refractivity (Wildman–Crippen MR) is 102 cm³/mol. The van der Waals surface area contributed by atoms with Crippen LogP contribution >= 0.6 is 11.3 Å². The summed E-state index contributed by atoms with van der Waals surface area (Å²) in [7, 11) is 0. The van der Waals surface area contributed by atoms with E-state index in [9.17, 15) is 4.39 Å². The highest BCUT2D eigenvalue weighted by molar-refractivity contribution is 7.16. The molecule has 1 aromatic carbocycles. The highest BCUT2D eigenvalue weighted by Gasteiger charge is 2.53. The van der Waals surface area contributed by atoms with Gasteiger partial charge >= 0.3 is 0 Å². The number of aromatic nitrogens is 2. The number of benzene rings is 1. The number of fused-ring (bicyclic) bond motifs is 4. The Morgan fingerprint density at radius 2 is 2.15 bits per heavy atom. The Morgan fingerprint density at radius 3 is 3.00 bits per heavy atom. The summed E-state index contributed by atoms with van der Waals surface area (Å²) < 4.78 is 21.0. The largest absolute Gasteiger partial charge is 0.377 e. The summed E-state index contributed by atoms with van der Waals surface area (Å²) in [6.45, 7) is 7.18. The molecular formula is C20H20FN3OS. The second-order valence-electron chi connectivity index (χ2n) is 8.01. The molecular weight excluding hydrogens is 349 g/mol. The van der Waals surface area contributed by atoms with Crippen molar-refractivity contribution in [3.05, 3.63) is 41.2 Å². The summed E-state index contributed by atoms with van der Waals surface area (Å²) >= 11 is 1.52. The molecule has 1 fully saturated rings. The second kappa shape index (κ2) is 5.24. The van der Waals surface area contributed by atoms with Crippen LogP contribution in [0.15, 0.2) is 29.8 Å². The molecule has 2 aromatic heterocycles. The molecule has 5 rings (SSSR count). The summed E-state index contributed by atoms with van der Waals surface area (Å²) in [5.74, 6) is -0.279. The van der Waals surface area contributed by atoms with Crippen LogP contribution in [0.2, 0.25) is 0 Å². The molecule has 0 saturated carbocycles. The lowest BCUT2D eigenvalue weighted by Crippen LogP contribution is -2.56. The maximum absolute atomic E-state index is 15.0. The van der Waals surface area contributed by atoms with Crippen molar-refractivity contribution in [2.45, 2.75) is 44.2 Å². The summed E-state index contributed by atoms with van der Waals surface area (Å²) in [6.07, 6.45) is 2.63. The summed E-state index contributed by atoms with van der Waals surface area (Å²) in [4.78, 5) is 9.86. The molecule has 3 aromatic rings. The van der Waals surface area contributed by atoms with Gasteiger partial charge in [0.1, 0.15) is 10.6 Å². The predicted octanol–water partition coefficient (Wildman–Crippen LogP) is 4.75. The van der Waals surface area contributed by atoms with Gasteiger partial charge in [0.15, 0.2) is 0 Å². The Kier molecular flexibility index (Phi) is 3.25. The zero-order valence-corrected chi connectivity index (χ0v) is 15.8. The Hall–Kier alpha value is -2.05. The fraction of sp³-hybridized carbons (Fsp3) is 0.400. The lowest BCUT2D eigenvalue weighted by molar-refractivity contribution is 0.0352. The number of ether oxygens (including phenoxy) is 1. The lowest BCUT2D eigenvalue weighted by Gasteiger charge is -2.48. The van der Waals surface area contributed by atoms with Crippen LogP contribution in [0.4, 0.5) is 10.1 Å². The number of nitrogens with one attached hydrogen (secondary N) is 1. The van der Waals surface area contributed by atoms with E-state index in [4.69, 9.17) is 4.74 Å². The van der Waals surface area contributed by atoms with Gasteiger partial charge in [0.05, 0.1) is 29.1 Å². The minimum atomic E-state index is -0.279. The molecule has 0 amide bonds. The Labute approximate surface area is 155 Å². The molecule has 0 radical (unpaired) electrons. The minimum Gasteiger partial charge on any atom is -0.377 e. The molecule has 6 heteroatoms. The van der Waals surface area contributed by atoms with Gasteiger partial charge in [-0.2, -0.15) is 0 Å². The van der Waals surface area contributed by atoms with Crippen LogP contribution in [-0.4, -0.2) is 28.2 Å². The van der Waals surface area contributed by atoms with Gasteiger partial charge in [0, 0.05) is 23.3 Å². The Bertz CT molecular complexity index is 1030. The van der Waals surface area contributed by atoms with Crippen molar-refractivity contribution < 1.29 is 9.13 Å². The third kappa shape index (κ3) is 2.15. The molecule has 4 nitrogen and oxygen atoms in total. The smallest absolute Gasteiger partial charge is 0.142 e. The molecule has 2 unspecified atom stereocenters. The number of anilines is 1. The molecule has 1 N–H and O–H groups in total. The highest BCUT2D eigenvalue weighted by Crippen LogP contribution is 2.51. The molecule has 0 spiro atoms. The van der Waals surface area contributed by atoms with Crippen molar-refractivity contribution in [3.8, 4) is 11.3 Å². The first-order valence-corrected chi connectivity index (χ1v) is 9.71. The van der Waals surface area contributed by atoms with Gasteiger partial charge in [0.2, 0.25) is 0 Å². The van der Waals surface area contributed by atoms with Gasteiger partial charge in [-0.1, -0.05) is 6.92 Å². The lowest BCUT2D eigenvalue weighted by atomic mass is 9.67. The van der Waals surface area contributed by atoms with E-state index in [1.807, 2.05) is 17.5 Å². The van der Waals surface area contributed by atoms with Crippen molar-refractivity contribution in [1.29, 1.82) is 0 Å². The van der Waals surface area contributed by atoms with Crippen molar-refractivity contribution in [1.82, 2.24) is 9.97 Å². The third-order valence-corrected chi connectivity index (χ3v) is 6.56. The number of hydrogen-bond donors (Lipinski definition) is 1. The van der Waals surface area contributed by atoms with Crippen LogP contribution in [0.25, 0.3) is 21.6 Å². The van der Waals surface area contributed by atoms with Crippen LogP contribution in [0.5, 0.6) is 0 Å². The monoisotopic (exact) mass is 369 g/mol. The maximum atomic E-state index is 15.0. The van der Waals surface area contributed by atoms with Gasteiger partial charge in [-0.25, -0.2) is 9.37 Å². The van der Waals surface area contributed by atoms with Gasteiger partial charge < -0.3 is 10.1 Å². The zero-order valence-electron chi connectivity index (χ0n) is 15.0. The average molecular weight is 369 g/mol. The first-order valence-electron chi connectivity index (χ1n) is 8.83. The van der Waals surface area contributed by atoms with Crippen LogP contribution in [-0.2, 0) is 10.2 Å². The van der Waals surface area contributed by atoms with Gasteiger partial charge in [0.25, 0.3) is 0 Å². The van der Waals surface area contributed by atoms with Crippen LogP contribution in [0.1, 0.15) is 32.8 Å². The number of hydrogen-bond acceptors (Lipinski definition) is 5. The molecule has 2 aliphatic heterocycles. The van der Waals surface area contributed by atoms with E-state index >= 15 is 0 Å². The molecule has 134 valence electrons. The quantitative estimate of drug-likeness (QED) is 0.672. The van der Waals surface area contributed by atoms with E-state index < -0.39 is 0 Å². The minimum absolute atomic E-state index is 0.0478. The van der Waals surface area contributed by atoms with Crippen LogP contribution < -0.4 is 5.32 Å². The van der Waals surface area contributed by atoms with E-state index in [2.05, 4.69) is 36.1 Å². The molecule has 4 heterocycles. The fourth-order valence-electron chi connectivity index (χ4n) is 4.62. The zero-order chi connectivity index (χ0) is 18.1. The molecule has 0 aliphatic carbocycles. The molecule has 1 saturated heterocycles. The van der Waals surface area contributed by atoms with E-state index in [0.717, 1.165) is 34.6 Å². The molecule has 26 heavy (non-hydrogen) atoms. The van der Waals surface area contributed by atoms with Crippen LogP contribution in [0, 0.1) is 5.82 Å². The SMILES string of the molecule is CC1(C)Nc2cc(F)c(-c3cnc4ccsc4n3)cc2C2(C)CCOC12. The van der Waals surface area contributed by atoms with Crippen LogP contribution in [0.3, 0.4) is 0 Å². The molecule has 0 bridgehead atoms. The third-order valence-electron chi connectivity index (χ3n) is 5.77. The number of rotatable bonds is 1. The van der Waals surface area contributed by atoms with E-state index in [0.29, 0.717) is 11.3 Å². The van der Waals surface area contributed by atoms with Crippen molar-refractivity contribution in [3.63, 3.8) is 0 Å². The number of halogens is 1. The number of thiophene rings is 1. The Balaban J connectivity index is 1.71. The van der Waals surface area contributed by atoms with Crippen molar-refractivity contribution in [2.75, 3.05) is 11.9 Å². The normalized spacial score (nSPS) is 26.4. The van der Waals surface area contributed by atoms with Gasteiger partial charge in [-0.15, -0.1) is 11.3 Å². The molecule has 2 aliphatic rings. The molecule has 2 atom stereocenters. The van der Waals surface area contributed by atoms with Crippen molar-refractivity contribution >= 4 is 27.4 Å². The van der Waals surface area contributed by atoms with Gasteiger partial charge in [-0.3, -0.25) is 4.98 Å². The van der Waals surface area contributed by atoms with Gasteiger partial charge in [-0.05, 0) is 49.4 Å². The second-order valence-corrected chi connectivity index (χ2v) is 8.90. The average Bonchev–Trinajstić information content (AvgIpc) is 3.20.